The second-order valence-corrected chi connectivity index (χ2v) is 6.27. The Hall–Kier alpha value is -2.08. The average Bonchev–Trinajstić information content (AvgIpc) is 2.90. The highest BCUT2D eigenvalue weighted by Gasteiger charge is 2.36. The lowest BCUT2D eigenvalue weighted by Crippen LogP contribution is -2.55. The second-order valence-electron chi connectivity index (χ2n) is 6.27. The molecule has 2 atom stereocenters. The molecule has 2 fully saturated rings. The van der Waals surface area contributed by atoms with E-state index in [0.29, 0.717) is 24.3 Å². The van der Waals surface area contributed by atoms with Crippen LogP contribution in [0.25, 0.3) is 11.1 Å². The Morgan fingerprint density at radius 3 is 2.96 bits per heavy atom. The number of carbonyl (C=O) groups excluding carboxylic acids is 1. The minimum absolute atomic E-state index is 0.0269. The Bertz CT molecular complexity index is 776. The van der Waals surface area contributed by atoms with Crippen LogP contribution in [0.5, 0.6) is 0 Å². The number of fused-ring (bicyclic) bond motifs is 2. The summed E-state index contributed by atoms with van der Waals surface area (Å²) in [5.41, 5.74) is 1.18. The number of amides is 1. The molecule has 23 heavy (non-hydrogen) atoms. The van der Waals surface area contributed by atoms with Crippen LogP contribution < -0.4 is 5.76 Å². The van der Waals surface area contributed by atoms with Crippen LogP contribution in [0.3, 0.4) is 0 Å². The summed E-state index contributed by atoms with van der Waals surface area (Å²) in [6.07, 6.45) is 4.44. The first-order chi connectivity index (χ1) is 11.2. The van der Waals surface area contributed by atoms with Crippen molar-refractivity contribution >= 4 is 17.0 Å². The van der Waals surface area contributed by atoms with Crippen molar-refractivity contribution in [2.24, 2.45) is 0 Å². The van der Waals surface area contributed by atoms with Gasteiger partial charge in [0.15, 0.2) is 5.58 Å². The lowest BCUT2D eigenvalue weighted by molar-refractivity contribution is -0.150. The predicted octanol–water partition coefficient (Wildman–Crippen LogP) is 1.76. The summed E-state index contributed by atoms with van der Waals surface area (Å²) < 4.78 is 12.4. The number of hydrogen-bond donors (Lipinski definition) is 0. The number of nitrogens with zero attached hydrogens (tertiary/aromatic N) is 2. The molecule has 2 aromatic rings. The summed E-state index contributed by atoms with van der Waals surface area (Å²) in [6, 6.07) is 7.34. The van der Waals surface area contributed by atoms with Gasteiger partial charge in [-0.1, -0.05) is 25.0 Å². The van der Waals surface area contributed by atoms with Crippen molar-refractivity contribution in [1.82, 2.24) is 9.47 Å². The monoisotopic (exact) mass is 316 g/mol. The number of ether oxygens (including phenoxy) is 1. The van der Waals surface area contributed by atoms with E-state index in [-0.39, 0.29) is 24.6 Å². The topological polar surface area (TPSA) is 64.7 Å². The Labute approximate surface area is 133 Å². The van der Waals surface area contributed by atoms with Crippen LogP contribution in [0.15, 0.2) is 33.5 Å². The molecular weight excluding hydrogens is 296 g/mol. The third-order valence-electron chi connectivity index (χ3n) is 4.92. The highest BCUT2D eigenvalue weighted by atomic mass is 16.5. The van der Waals surface area contributed by atoms with Crippen molar-refractivity contribution < 1.29 is 13.9 Å². The molecule has 1 saturated carbocycles. The molecule has 1 aliphatic heterocycles. The standard InChI is InChI=1S/C17H20N2O4/c20-16(18-9-10-22-14-7-3-1-5-12(14)18)11-19-13-6-2-4-8-15(13)23-17(19)21/h2,4,6,8,12,14H,1,3,5,7,9-11H2/t12-,14-/m1/s1. The van der Waals surface area contributed by atoms with E-state index < -0.39 is 5.76 Å². The first-order valence-electron chi connectivity index (χ1n) is 8.23. The zero-order valence-corrected chi connectivity index (χ0v) is 12.9. The lowest BCUT2D eigenvalue weighted by atomic mass is 9.90. The molecular formula is C17H20N2O4. The Morgan fingerprint density at radius 1 is 1.22 bits per heavy atom. The fraction of sp³-hybridized carbons (Fsp3) is 0.529. The molecule has 1 saturated heterocycles. The van der Waals surface area contributed by atoms with E-state index >= 15 is 0 Å². The van der Waals surface area contributed by atoms with Gasteiger partial charge >= 0.3 is 5.76 Å². The maximum absolute atomic E-state index is 12.8. The van der Waals surface area contributed by atoms with E-state index in [4.69, 9.17) is 9.15 Å². The first-order valence-corrected chi connectivity index (χ1v) is 8.23. The number of carbonyl (C=O) groups is 1. The number of para-hydroxylation sites is 2. The molecule has 1 aromatic heterocycles. The maximum Gasteiger partial charge on any atom is 0.420 e. The normalized spacial score (nSPS) is 24.6. The highest BCUT2D eigenvalue weighted by Crippen LogP contribution is 2.28. The quantitative estimate of drug-likeness (QED) is 0.847. The van der Waals surface area contributed by atoms with E-state index in [2.05, 4.69) is 0 Å². The molecule has 6 heteroatoms. The van der Waals surface area contributed by atoms with E-state index in [9.17, 15) is 9.59 Å². The van der Waals surface area contributed by atoms with Gasteiger partial charge in [-0.15, -0.1) is 0 Å². The summed E-state index contributed by atoms with van der Waals surface area (Å²) in [6.45, 7) is 1.21. The molecule has 0 unspecified atom stereocenters. The van der Waals surface area contributed by atoms with E-state index in [1.807, 2.05) is 17.0 Å². The number of morpholine rings is 1. The molecule has 2 aliphatic rings. The Kier molecular flexibility index (Phi) is 3.69. The van der Waals surface area contributed by atoms with Crippen molar-refractivity contribution in [3.05, 3.63) is 34.8 Å². The van der Waals surface area contributed by atoms with Gasteiger partial charge in [0.1, 0.15) is 6.54 Å². The fourth-order valence-electron chi connectivity index (χ4n) is 3.80. The van der Waals surface area contributed by atoms with E-state index in [1.54, 1.807) is 12.1 Å². The molecule has 1 aliphatic carbocycles. The minimum Gasteiger partial charge on any atom is -0.408 e. The smallest absolute Gasteiger partial charge is 0.408 e. The molecule has 2 heterocycles. The van der Waals surface area contributed by atoms with Gasteiger partial charge in [-0.2, -0.15) is 0 Å². The Morgan fingerprint density at radius 2 is 2.04 bits per heavy atom. The third-order valence-corrected chi connectivity index (χ3v) is 4.92. The van der Waals surface area contributed by atoms with Crippen LogP contribution in [-0.4, -0.2) is 40.7 Å². The number of benzene rings is 1. The number of hydrogen-bond acceptors (Lipinski definition) is 4. The summed E-state index contributed by atoms with van der Waals surface area (Å²) in [7, 11) is 0. The van der Waals surface area contributed by atoms with Crippen molar-refractivity contribution in [2.45, 2.75) is 44.4 Å². The molecule has 0 N–H and O–H groups in total. The molecule has 0 bridgehead atoms. The zero-order chi connectivity index (χ0) is 15.8. The van der Waals surface area contributed by atoms with Crippen LogP contribution in [0.1, 0.15) is 25.7 Å². The van der Waals surface area contributed by atoms with Gasteiger partial charge in [-0.05, 0) is 25.0 Å². The number of oxazole rings is 1. The van der Waals surface area contributed by atoms with Crippen molar-refractivity contribution in [3.63, 3.8) is 0 Å². The predicted molar refractivity (Wildman–Crippen MR) is 84.2 cm³/mol. The summed E-state index contributed by atoms with van der Waals surface area (Å²) >= 11 is 0. The number of rotatable bonds is 2. The maximum atomic E-state index is 12.8. The van der Waals surface area contributed by atoms with Gasteiger partial charge in [0.05, 0.1) is 24.3 Å². The van der Waals surface area contributed by atoms with Crippen LogP contribution >= 0.6 is 0 Å². The summed E-state index contributed by atoms with van der Waals surface area (Å²) in [5.74, 6) is -0.508. The first kappa shape index (κ1) is 14.5. The van der Waals surface area contributed by atoms with Crippen LogP contribution in [0.4, 0.5) is 0 Å². The van der Waals surface area contributed by atoms with Crippen LogP contribution in [0, 0.1) is 0 Å². The van der Waals surface area contributed by atoms with Crippen LogP contribution in [0.2, 0.25) is 0 Å². The molecule has 4 rings (SSSR count). The molecule has 6 nitrogen and oxygen atoms in total. The molecule has 1 amide bonds. The molecule has 0 spiro atoms. The lowest BCUT2D eigenvalue weighted by Gasteiger charge is -2.43. The average molecular weight is 316 g/mol. The van der Waals surface area contributed by atoms with Gasteiger partial charge < -0.3 is 14.1 Å². The highest BCUT2D eigenvalue weighted by molar-refractivity contribution is 5.80. The summed E-state index contributed by atoms with van der Waals surface area (Å²) in [4.78, 5) is 26.7. The minimum atomic E-state index is -0.479. The largest absolute Gasteiger partial charge is 0.420 e. The van der Waals surface area contributed by atoms with Gasteiger partial charge in [0, 0.05) is 6.54 Å². The van der Waals surface area contributed by atoms with Crippen LogP contribution in [-0.2, 0) is 16.1 Å². The SMILES string of the molecule is O=C(Cn1c(=O)oc2ccccc21)N1CCO[C@@H]2CCCC[C@H]21. The van der Waals surface area contributed by atoms with Gasteiger partial charge in [-0.3, -0.25) is 9.36 Å². The van der Waals surface area contributed by atoms with Crippen molar-refractivity contribution in [2.75, 3.05) is 13.2 Å². The molecule has 1 aromatic carbocycles. The van der Waals surface area contributed by atoms with Crippen molar-refractivity contribution in [3.8, 4) is 0 Å². The van der Waals surface area contributed by atoms with E-state index in [1.165, 1.54) is 4.57 Å². The summed E-state index contributed by atoms with van der Waals surface area (Å²) in [5, 5.41) is 0. The van der Waals surface area contributed by atoms with Crippen molar-refractivity contribution in [1.29, 1.82) is 0 Å². The van der Waals surface area contributed by atoms with Gasteiger partial charge in [0.25, 0.3) is 0 Å². The number of aromatic nitrogens is 1. The zero-order valence-electron chi connectivity index (χ0n) is 12.9. The third kappa shape index (κ3) is 2.57. The molecule has 0 radical (unpaired) electrons. The van der Waals surface area contributed by atoms with Gasteiger partial charge in [-0.25, -0.2) is 4.79 Å². The fourth-order valence-corrected chi connectivity index (χ4v) is 3.80. The second kappa shape index (κ2) is 5.85. The molecule has 122 valence electrons. The van der Waals surface area contributed by atoms with Gasteiger partial charge in [0.2, 0.25) is 5.91 Å². The van der Waals surface area contributed by atoms with E-state index in [0.717, 1.165) is 25.7 Å². The Balaban J connectivity index is 1.59.